The zero-order chi connectivity index (χ0) is 19.5. The third-order valence-electron chi connectivity index (χ3n) is 5.23. The number of piperidine rings is 1. The van der Waals surface area contributed by atoms with Crippen molar-refractivity contribution in [3.05, 3.63) is 48.0 Å². The lowest BCUT2D eigenvalue weighted by Crippen LogP contribution is -2.70. The predicted octanol–water partition coefficient (Wildman–Crippen LogP) is 0.787. The minimum Gasteiger partial charge on any atom is -0.352 e. The van der Waals surface area contributed by atoms with Crippen LogP contribution in [-0.4, -0.2) is 57.7 Å². The zero-order valence-corrected chi connectivity index (χ0v) is 15.3. The Hall–Kier alpha value is -3.10. The van der Waals surface area contributed by atoms with Crippen molar-refractivity contribution < 1.29 is 12.8 Å². The summed E-state index contributed by atoms with van der Waals surface area (Å²) in [5, 5.41) is 21.2. The summed E-state index contributed by atoms with van der Waals surface area (Å²) >= 11 is 0. The molecule has 3 aliphatic rings. The average Bonchev–Trinajstić information content (AvgIpc) is 3.15. The molecule has 28 heavy (non-hydrogen) atoms. The number of piperazine rings is 1. The van der Waals surface area contributed by atoms with Crippen LogP contribution in [-0.2, 0) is 10.0 Å². The van der Waals surface area contributed by atoms with Gasteiger partial charge in [0.05, 0.1) is 10.5 Å². The van der Waals surface area contributed by atoms with Crippen molar-refractivity contribution in [2.45, 2.75) is 23.4 Å². The fraction of sp³-hybridized carbons (Fsp3) is 0.294. The number of nitrogens with zero attached hydrogens (tertiary/aromatic N) is 7. The van der Waals surface area contributed by atoms with Crippen LogP contribution in [0.15, 0.2) is 41.6 Å². The van der Waals surface area contributed by atoms with Crippen molar-refractivity contribution in [3.63, 3.8) is 0 Å². The predicted molar refractivity (Wildman–Crippen MR) is 95.3 cm³/mol. The lowest BCUT2D eigenvalue weighted by molar-refractivity contribution is 0.0873. The molecule has 3 aliphatic heterocycles. The maximum Gasteiger partial charge on any atom is 0.243 e. The minimum absolute atomic E-state index is 0.0577. The van der Waals surface area contributed by atoms with Gasteiger partial charge in [-0.05, 0) is 36.8 Å². The number of hydrogen-bond donors (Lipinski definition) is 0. The molecule has 3 aromatic rings. The molecule has 6 rings (SSSR count). The summed E-state index contributed by atoms with van der Waals surface area (Å²) in [7, 11) is -3.80. The van der Waals surface area contributed by atoms with E-state index in [1.165, 1.54) is 16.7 Å². The molecule has 0 N–H and O–H groups in total. The Bertz CT molecular complexity index is 1220. The second-order valence-corrected chi connectivity index (χ2v) is 8.71. The van der Waals surface area contributed by atoms with E-state index in [0.717, 1.165) is 24.4 Å². The molecule has 2 aromatic heterocycles. The number of aromatic nitrogens is 4. The molecule has 2 bridgehead atoms. The Labute approximate surface area is 159 Å². The molecule has 2 unspecified atom stereocenters. The summed E-state index contributed by atoms with van der Waals surface area (Å²) in [5.74, 6) is -0.000478. The molecule has 3 saturated heterocycles. The second kappa shape index (κ2) is 5.95. The molecule has 2 atom stereocenters. The first kappa shape index (κ1) is 17.0. The van der Waals surface area contributed by atoms with Gasteiger partial charge in [0.25, 0.3) is 0 Å². The molecule has 142 valence electrons. The van der Waals surface area contributed by atoms with E-state index in [-0.39, 0.29) is 22.5 Å². The molecule has 0 spiro atoms. The van der Waals surface area contributed by atoms with E-state index >= 15 is 0 Å². The van der Waals surface area contributed by atoms with Crippen molar-refractivity contribution >= 4 is 21.5 Å². The summed E-state index contributed by atoms with van der Waals surface area (Å²) < 4.78 is 42.7. The first-order chi connectivity index (χ1) is 13.5. The Morgan fingerprint density at radius 3 is 2.71 bits per heavy atom. The average molecular weight is 399 g/mol. The third kappa shape index (κ3) is 2.45. The van der Waals surface area contributed by atoms with E-state index in [1.807, 2.05) is 17.0 Å². The third-order valence-corrected chi connectivity index (χ3v) is 7.23. The number of nitriles is 1. The van der Waals surface area contributed by atoms with E-state index in [4.69, 9.17) is 5.26 Å². The van der Waals surface area contributed by atoms with Gasteiger partial charge in [0.1, 0.15) is 24.0 Å². The van der Waals surface area contributed by atoms with Crippen molar-refractivity contribution in [2.24, 2.45) is 0 Å². The Balaban J connectivity index is 1.40. The molecule has 0 amide bonds. The van der Waals surface area contributed by atoms with Crippen molar-refractivity contribution in [1.82, 2.24) is 24.1 Å². The van der Waals surface area contributed by atoms with Gasteiger partial charge >= 0.3 is 0 Å². The molecule has 11 heteroatoms. The maximum absolute atomic E-state index is 13.6. The highest BCUT2D eigenvalue weighted by Crippen LogP contribution is 2.38. The monoisotopic (exact) mass is 399 g/mol. The van der Waals surface area contributed by atoms with Gasteiger partial charge in [-0.1, -0.05) is 0 Å². The van der Waals surface area contributed by atoms with Gasteiger partial charge in [0.15, 0.2) is 5.65 Å². The standard InChI is InChI=1S/C17H14FN7O2S/c18-15-2-1-14(5-11(15)7-19)28(26,27)25-12-6-13(25)9-23(8-12)17-4-3-16-21-20-10-24(16)22-17/h1-5,10,12-13H,6,8-9H2. The highest BCUT2D eigenvalue weighted by Gasteiger charge is 2.51. The van der Waals surface area contributed by atoms with E-state index in [2.05, 4.69) is 15.3 Å². The minimum atomic E-state index is -3.80. The summed E-state index contributed by atoms with van der Waals surface area (Å²) in [6, 6.07) is 8.27. The summed E-state index contributed by atoms with van der Waals surface area (Å²) in [4.78, 5) is 1.98. The Morgan fingerprint density at radius 2 is 1.96 bits per heavy atom. The number of anilines is 1. The molecule has 1 aromatic carbocycles. The van der Waals surface area contributed by atoms with Gasteiger partial charge in [0, 0.05) is 25.2 Å². The molecule has 9 nitrogen and oxygen atoms in total. The van der Waals surface area contributed by atoms with Crippen molar-refractivity contribution in [3.8, 4) is 6.07 Å². The van der Waals surface area contributed by atoms with Gasteiger partial charge in [0.2, 0.25) is 10.0 Å². The van der Waals surface area contributed by atoms with Gasteiger partial charge in [-0.15, -0.1) is 15.3 Å². The number of rotatable bonds is 3. The Morgan fingerprint density at radius 1 is 1.18 bits per heavy atom. The first-order valence-electron chi connectivity index (χ1n) is 8.62. The molecule has 5 heterocycles. The molecule has 3 fully saturated rings. The number of benzene rings is 1. The van der Waals surface area contributed by atoms with Crippen LogP contribution >= 0.6 is 0 Å². The van der Waals surface area contributed by atoms with Crippen molar-refractivity contribution in [1.29, 1.82) is 5.26 Å². The van der Waals surface area contributed by atoms with Crippen LogP contribution in [0.4, 0.5) is 10.2 Å². The molecule has 0 saturated carbocycles. The van der Waals surface area contributed by atoms with Crippen LogP contribution in [0, 0.1) is 17.1 Å². The fourth-order valence-corrected chi connectivity index (χ4v) is 5.75. The van der Waals surface area contributed by atoms with Crippen LogP contribution in [0.5, 0.6) is 0 Å². The number of sulfonamides is 1. The Kier molecular flexibility index (Phi) is 3.62. The van der Waals surface area contributed by atoms with Gasteiger partial charge in [-0.25, -0.2) is 12.8 Å². The summed E-state index contributed by atoms with van der Waals surface area (Å²) in [6.07, 6.45) is 2.28. The van der Waals surface area contributed by atoms with Crippen LogP contribution in [0.3, 0.4) is 0 Å². The highest BCUT2D eigenvalue weighted by molar-refractivity contribution is 7.89. The molecule has 0 aliphatic carbocycles. The number of hydrogen-bond acceptors (Lipinski definition) is 7. The van der Waals surface area contributed by atoms with E-state index < -0.39 is 15.8 Å². The molecular formula is C17H14FN7O2S. The first-order valence-corrected chi connectivity index (χ1v) is 10.1. The van der Waals surface area contributed by atoms with Gasteiger partial charge in [-0.2, -0.15) is 14.1 Å². The van der Waals surface area contributed by atoms with Gasteiger partial charge in [-0.3, -0.25) is 0 Å². The smallest absolute Gasteiger partial charge is 0.243 e. The van der Waals surface area contributed by atoms with E-state index in [1.54, 1.807) is 10.6 Å². The quantitative estimate of drug-likeness (QED) is 0.641. The van der Waals surface area contributed by atoms with E-state index in [9.17, 15) is 12.8 Å². The molecule has 0 radical (unpaired) electrons. The lowest BCUT2D eigenvalue weighted by atomic mass is 9.91. The summed E-state index contributed by atoms with van der Waals surface area (Å²) in [6.45, 7) is 1.01. The summed E-state index contributed by atoms with van der Waals surface area (Å²) in [5.41, 5.74) is 0.361. The fourth-order valence-electron chi connectivity index (χ4n) is 3.91. The topological polar surface area (TPSA) is 107 Å². The number of halogens is 1. The second-order valence-electron chi connectivity index (χ2n) is 6.86. The van der Waals surface area contributed by atoms with Crippen molar-refractivity contribution in [2.75, 3.05) is 18.0 Å². The zero-order valence-electron chi connectivity index (χ0n) is 14.5. The largest absolute Gasteiger partial charge is 0.352 e. The van der Waals surface area contributed by atoms with Crippen LogP contribution in [0.1, 0.15) is 12.0 Å². The maximum atomic E-state index is 13.6. The normalized spacial score (nSPS) is 22.1. The number of fused-ring (bicyclic) bond motifs is 3. The van der Waals surface area contributed by atoms with Crippen LogP contribution < -0.4 is 4.90 Å². The van der Waals surface area contributed by atoms with Gasteiger partial charge < -0.3 is 4.90 Å². The van der Waals surface area contributed by atoms with Crippen LogP contribution in [0.25, 0.3) is 5.65 Å². The molecular weight excluding hydrogens is 385 g/mol. The van der Waals surface area contributed by atoms with E-state index in [0.29, 0.717) is 18.7 Å². The highest BCUT2D eigenvalue weighted by atomic mass is 32.2. The SMILES string of the molecule is N#Cc1cc(S(=O)(=O)N2C3CC2CN(c2ccc4nncn4n2)C3)ccc1F. The lowest BCUT2D eigenvalue weighted by Gasteiger charge is -2.55. The van der Waals surface area contributed by atoms with Crippen LogP contribution in [0.2, 0.25) is 0 Å².